The Morgan fingerprint density at radius 1 is 1.15 bits per heavy atom. The van der Waals surface area contributed by atoms with Crippen LogP contribution in [0.25, 0.3) is 11.4 Å². The summed E-state index contributed by atoms with van der Waals surface area (Å²) in [5.74, 6) is 0.427. The van der Waals surface area contributed by atoms with Crippen molar-refractivity contribution >= 4 is 0 Å². The van der Waals surface area contributed by atoms with Gasteiger partial charge in [-0.15, -0.1) is 13.2 Å². The summed E-state index contributed by atoms with van der Waals surface area (Å²) in [6.07, 6.45) is -3.82. The molecule has 0 unspecified atom stereocenters. The number of aromatic nitrogens is 2. The Morgan fingerprint density at radius 2 is 1.90 bits per heavy atom. The topological polar surface area (TPSA) is 49.9 Å². The van der Waals surface area contributed by atoms with Crippen LogP contribution in [0.4, 0.5) is 13.2 Å². The summed E-state index contributed by atoms with van der Waals surface area (Å²) in [6, 6.07) is 5.67. The van der Waals surface area contributed by atoms with E-state index in [2.05, 4.69) is 20.0 Å². The predicted octanol–water partition coefficient (Wildman–Crippen LogP) is 2.62. The molecule has 3 rings (SSSR count). The quantitative estimate of drug-likeness (QED) is 0.890. The SMILES string of the molecule is FC(F)(F)Oc1ccc(-c2nc3c([nH]2)CNCC3)cc1. The van der Waals surface area contributed by atoms with Gasteiger partial charge < -0.3 is 15.0 Å². The molecule has 1 aromatic carbocycles. The van der Waals surface area contributed by atoms with Crippen LogP contribution in [0.2, 0.25) is 0 Å². The fourth-order valence-electron chi connectivity index (χ4n) is 2.17. The standard InChI is InChI=1S/C13H12F3N3O/c14-13(15,16)20-9-3-1-8(2-4-9)12-18-10-5-6-17-7-11(10)19-12/h1-4,17H,5-7H2,(H,18,19). The van der Waals surface area contributed by atoms with Gasteiger partial charge in [0.25, 0.3) is 0 Å². The number of halogens is 3. The van der Waals surface area contributed by atoms with Crippen LogP contribution < -0.4 is 10.1 Å². The zero-order chi connectivity index (χ0) is 14.2. The Kier molecular flexibility index (Phi) is 3.13. The van der Waals surface area contributed by atoms with Crippen LogP contribution in [0, 0.1) is 0 Å². The first-order valence-corrected chi connectivity index (χ1v) is 6.16. The third-order valence-electron chi connectivity index (χ3n) is 3.07. The van der Waals surface area contributed by atoms with Gasteiger partial charge in [0.1, 0.15) is 11.6 Å². The molecule has 1 aromatic heterocycles. The molecule has 1 aliphatic rings. The summed E-state index contributed by atoms with van der Waals surface area (Å²) < 4.78 is 40.0. The van der Waals surface area contributed by atoms with Gasteiger partial charge in [0.05, 0.1) is 11.4 Å². The second-order valence-corrected chi connectivity index (χ2v) is 4.51. The molecule has 0 aliphatic carbocycles. The highest BCUT2D eigenvalue weighted by Gasteiger charge is 2.31. The molecule has 106 valence electrons. The summed E-state index contributed by atoms with van der Waals surface area (Å²) in [6.45, 7) is 1.62. The van der Waals surface area contributed by atoms with Gasteiger partial charge >= 0.3 is 6.36 Å². The van der Waals surface area contributed by atoms with Gasteiger partial charge in [-0.25, -0.2) is 4.98 Å². The molecule has 2 heterocycles. The van der Waals surface area contributed by atoms with Crippen LogP contribution in [0.1, 0.15) is 11.4 Å². The van der Waals surface area contributed by atoms with E-state index >= 15 is 0 Å². The lowest BCUT2D eigenvalue weighted by molar-refractivity contribution is -0.274. The number of H-pyrrole nitrogens is 1. The van der Waals surface area contributed by atoms with Crippen molar-refractivity contribution in [2.24, 2.45) is 0 Å². The lowest BCUT2D eigenvalue weighted by Crippen LogP contribution is -2.23. The number of aromatic amines is 1. The Balaban J connectivity index is 1.82. The number of alkyl halides is 3. The van der Waals surface area contributed by atoms with E-state index in [4.69, 9.17) is 0 Å². The number of rotatable bonds is 2. The minimum absolute atomic E-state index is 0.237. The lowest BCUT2D eigenvalue weighted by Gasteiger charge is -2.09. The van der Waals surface area contributed by atoms with Crippen molar-refractivity contribution in [3.8, 4) is 17.1 Å². The van der Waals surface area contributed by atoms with E-state index in [1.807, 2.05) is 0 Å². The Labute approximate surface area is 113 Å². The van der Waals surface area contributed by atoms with Gasteiger partial charge in [0, 0.05) is 25.1 Å². The van der Waals surface area contributed by atoms with E-state index in [9.17, 15) is 13.2 Å². The van der Waals surface area contributed by atoms with Crippen LogP contribution in [0.5, 0.6) is 5.75 Å². The van der Waals surface area contributed by atoms with Gasteiger partial charge in [-0.3, -0.25) is 0 Å². The van der Waals surface area contributed by atoms with Crippen LogP contribution in [0.15, 0.2) is 24.3 Å². The monoisotopic (exact) mass is 283 g/mol. The summed E-state index contributed by atoms with van der Waals surface area (Å²) in [5.41, 5.74) is 2.77. The van der Waals surface area contributed by atoms with Crippen molar-refractivity contribution in [3.63, 3.8) is 0 Å². The number of imidazole rings is 1. The minimum Gasteiger partial charge on any atom is -0.406 e. The highest BCUT2D eigenvalue weighted by atomic mass is 19.4. The van der Waals surface area contributed by atoms with E-state index in [1.165, 1.54) is 12.1 Å². The number of benzene rings is 1. The molecule has 0 bridgehead atoms. The van der Waals surface area contributed by atoms with Gasteiger partial charge in [0.2, 0.25) is 0 Å². The summed E-state index contributed by atoms with van der Waals surface area (Å²) in [5, 5.41) is 3.22. The van der Waals surface area contributed by atoms with Crippen LogP contribution in [0.3, 0.4) is 0 Å². The van der Waals surface area contributed by atoms with Crippen molar-refractivity contribution in [1.82, 2.24) is 15.3 Å². The number of fused-ring (bicyclic) bond motifs is 1. The molecule has 0 atom stereocenters. The van der Waals surface area contributed by atoms with E-state index in [-0.39, 0.29) is 5.75 Å². The first-order valence-electron chi connectivity index (χ1n) is 6.16. The van der Waals surface area contributed by atoms with E-state index in [0.29, 0.717) is 5.82 Å². The number of nitrogens with one attached hydrogen (secondary N) is 2. The molecule has 0 radical (unpaired) electrons. The molecule has 2 aromatic rings. The van der Waals surface area contributed by atoms with Crippen molar-refractivity contribution < 1.29 is 17.9 Å². The molecule has 2 N–H and O–H groups in total. The first-order chi connectivity index (χ1) is 9.51. The van der Waals surface area contributed by atoms with Crippen molar-refractivity contribution in [1.29, 1.82) is 0 Å². The third-order valence-corrected chi connectivity index (χ3v) is 3.07. The number of hydrogen-bond acceptors (Lipinski definition) is 3. The zero-order valence-corrected chi connectivity index (χ0v) is 10.4. The fraction of sp³-hybridized carbons (Fsp3) is 0.308. The Bertz CT molecular complexity index is 581. The van der Waals surface area contributed by atoms with Crippen molar-refractivity contribution in [3.05, 3.63) is 35.7 Å². The smallest absolute Gasteiger partial charge is 0.406 e. The molecule has 4 nitrogen and oxygen atoms in total. The maximum Gasteiger partial charge on any atom is 0.573 e. The largest absolute Gasteiger partial charge is 0.573 e. The van der Waals surface area contributed by atoms with Gasteiger partial charge in [-0.05, 0) is 24.3 Å². The van der Waals surface area contributed by atoms with Crippen LogP contribution in [-0.4, -0.2) is 22.9 Å². The molecule has 0 spiro atoms. The molecule has 7 heteroatoms. The fourth-order valence-corrected chi connectivity index (χ4v) is 2.17. The van der Waals surface area contributed by atoms with Crippen molar-refractivity contribution in [2.45, 2.75) is 19.3 Å². The predicted molar refractivity (Wildman–Crippen MR) is 66.1 cm³/mol. The Morgan fingerprint density at radius 3 is 2.55 bits per heavy atom. The average molecular weight is 283 g/mol. The van der Waals surface area contributed by atoms with E-state index in [1.54, 1.807) is 12.1 Å². The normalized spacial score (nSPS) is 14.9. The zero-order valence-electron chi connectivity index (χ0n) is 10.4. The van der Waals surface area contributed by atoms with E-state index in [0.717, 1.165) is 36.5 Å². The minimum atomic E-state index is -4.67. The van der Waals surface area contributed by atoms with Crippen molar-refractivity contribution in [2.75, 3.05) is 6.54 Å². The highest BCUT2D eigenvalue weighted by molar-refractivity contribution is 5.57. The highest BCUT2D eigenvalue weighted by Crippen LogP contribution is 2.26. The van der Waals surface area contributed by atoms with E-state index < -0.39 is 6.36 Å². The Hall–Kier alpha value is -2.02. The third kappa shape index (κ3) is 2.77. The maximum atomic E-state index is 12.1. The molecular formula is C13H12F3N3O. The van der Waals surface area contributed by atoms with Gasteiger partial charge in [-0.1, -0.05) is 0 Å². The number of hydrogen-bond donors (Lipinski definition) is 2. The summed E-state index contributed by atoms with van der Waals surface area (Å²) in [7, 11) is 0. The van der Waals surface area contributed by atoms with Gasteiger partial charge in [0.15, 0.2) is 0 Å². The van der Waals surface area contributed by atoms with Crippen LogP contribution in [-0.2, 0) is 13.0 Å². The second kappa shape index (κ2) is 4.82. The number of ether oxygens (including phenoxy) is 1. The summed E-state index contributed by atoms with van der Waals surface area (Å²) >= 11 is 0. The summed E-state index contributed by atoms with van der Waals surface area (Å²) in [4.78, 5) is 7.65. The first kappa shape index (κ1) is 13.0. The maximum absolute atomic E-state index is 12.1. The number of nitrogens with zero attached hydrogens (tertiary/aromatic N) is 1. The molecule has 1 aliphatic heterocycles. The van der Waals surface area contributed by atoms with Gasteiger partial charge in [-0.2, -0.15) is 0 Å². The second-order valence-electron chi connectivity index (χ2n) is 4.51. The molecule has 0 fully saturated rings. The van der Waals surface area contributed by atoms with Crippen LogP contribution >= 0.6 is 0 Å². The molecule has 0 saturated carbocycles. The average Bonchev–Trinajstić information content (AvgIpc) is 2.81. The molecule has 0 amide bonds. The molecule has 20 heavy (non-hydrogen) atoms. The molecule has 0 saturated heterocycles. The molecular weight excluding hydrogens is 271 g/mol. The lowest BCUT2D eigenvalue weighted by atomic mass is 10.2.